The van der Waals surface area contributed by atoms with E-state index in [2.05, 4.69) is 35.8 Å². The Kier molecular flexibility index (Phi) is 1.88. The van der Waals surface area contributed by atoms with E-state index in [1.165, 1.54) is 16.7 Å². The smallest absolute Gasteiger partial charge is 0.0690 e. The highest BCUT2D eigenvalue weighted by atomic mass is 14.7. The van der Waals surface area contributed by atoms with Crippen molar-refractivity contribution < 1.29 is 0 Å². The van der Waals surface area contributed by atoms with Gasteiger partial charge in [0.15, 0.2) is 0 Å². The van der Waals surface area contributed by atoms with E-state index in [0.717, 1.165) is 5.71 Å². The quantitative estimate of drug-likeness (QED) is 0.529. The molecule has 1 aromatic carbocycles. The fourth-order valence-electron chi connectivity index (χ4n) is 1.63. The molecule has 64 valence electrons. The van der Waals surface area contributed by atoms with E-state index in [-0.39, 0.29) is 0 Å². The van der Waals surface area contributed by atoms with Gasteiger partial charge in [-0.1, -0.05) is 18.2 Å². The van der Waals surface area contributed by atoms with Crippen LogP contribution in [0.15, 0.2) is 35.1 Å². The topological polar surface area (TPSA) is 12.4 Å². The van der Waals surface area contributed by atoms with Gasteiger partial charge in [-0.05, 0) is 31.1 Å². The average Bonchev–Trinajstić information content (AvgIpc) is 2.29. The van der Waals surface area contributed by atoms with Gasteiger partial charge in [-0.25, -0.2) is 0 Å². The summed E-state index contributed by atoms with van der Waals surface area (Å²) in [7, 11) is 0. The molecule has 1 aliphatic rings. The van der Waals surface area contributed by atoms with Crippen LogP contribution in [0.25, 0.3) is 6.08 Å². The number of aliphatic imine (C=N–C) groups is 1. The molecular formula is C12H11N. The van der Waals surface area contributed by atoms with Crippen molar-refractivity contribution in [3.05, 3.63) is 46.8 Å². The molecule has 0 fully saturated rings. The maximum Gasteiger partial charge on any atom is 0.0690 e. The molecule has 0 saturated carbocycles. The Labute approximate surface area is 78.1 Å². The third-order valence-electron chi connectivity index (χ3n) is 2.24. The molecule has 2 rings (SSSR count). The lowest BCUT2D eigenvalue weighted by atomic mass is 9.99. The summed E-state index contributed by atoms with van der Waals surface area (Å²) in [6, 6.07) is 6.26. The third kappa shape index (κ3) is 1.34. The molecule has 0 N–H and O–H groups in total. The van der Waals surface area contributed by atoms with E-state index in [0.29, 0.717) is 0 Å². The van der Waals surface area contributed by atoms with Gasteiger partial charge in [-0.15, -0.1) is 5.73 Å². The normalized spacial score (nSPS) is 13.5. The second kappa shape index (κ2) is 3.04. The molecule has 0 amide bonds. The number of hydrogen-bond acceptors (Lipinski definition) is 1. The van der Waals surface area contributed by atoms with Crippen LogP contribution < -0.4 is 0 Å². The van der Waals surface area contributed by atoms with Crippen molar-refractivity contribution in [3.63, 3.8) is 0 Å². The van der Waals surface area contributed by atoms with Crippen molar-refractivity contribution in [1.29, 1.82) is 0 Å². The summed E-state index contributed by atoms with van der Waals surface area (Å²) in [4.78, 5) is 4.28. The first-order chi connectivity index (χ1) is 6.29. The number of benzene rings is 1. The molecule has 0 atom stereocenters. The number of fused-ring (bicyclic) bond motifs is 1. The Morgan fingerprint density at radius 1 is 1.23 bits per heavy atom. The van der Waals surface area contributed by atoms with Crippen LogP contribution in [0.5, 0.6) is 0 Å². The molecule has 0 saturated heterocycles. The molecule has 1 aliphatic heterocycles. The highest BCUT2D eigenvalue weighted by molar-refractivity contribution is 6.03. The van der Waals surface area contributed by atoms with Crippen LogP contribution in [0.2, 0.25) is 0 Å². The Bertz CT molecular complexity index is 432. The van der Waals surface area contributed by atoms with E-state index in [1.54, 1.807) is 6.20 Å². The highest BCUT2D eigenvalue weighted by Gasteiger charge is 2.06. The standard InChI is InChI=1S/C12H11N/c1-9-5-3-6-11-7-4-8-13-10(2)12(9)11/h3,5-8H,1-2H3. The zero-order valence-electron chi connectivity index (χ0n) is 7.83. The largest absolute Gasteiger partial charge is 0.253 e. The molecule has 0 aliphatic carbocycles. The van der Waals surface area contributed by atoms with Crippen molar-refractivity contribution >= 4 is 11.8 Å². The van der Waals surface area contributed by atoms with Crippen LogP contribution in [0.1, 0.15) is 23.6 Å². The highest BCUT2D eigenvalue weighted by Crippen LogP contribution is 2.18. The maximum absolute atomic E-state index is 4.28. The van der Waals surface area contributed by atoms with Gasteiger partial charge >= 0.3 is 0 Å². The predicted octanol–water partition coefficient (Wildman–Crippen LogP) is 2.94. The van der Waals surface area contributed by atoms with Gasteiger partial charge in [0.2, 0.25) is 0 Å². The molecular weight excluding hydrogens is 158 g/mol. The lowest BCUT2D eigenvalue weighted by molar-refractivity contribution is 1.40. The fourth-order valence-corrected chi connectivity index (χ4v) is 1.63. The van der Waals surface area contributed by atoms with E-state index < -0.39 is 0 Å². The minimum Gasteiger partial charge on any atom is -0.253 e. The van der Waals surface area contributed by atoms with Crippen LogP contribution in [0.3, 0.4) is 0 Å². The minimum atomic E-state index is 1.06. The summed E-state index contributed by atoms with van der Waals surface area (Å²) in [5.74, 6) is 0. The van der Waals surface area contributed by atoms with Crippen molar-refractivity contribution in [1.82, 2.24) is 0 Å². The van der Waals surface area contributed by atoms with Gasteiger partial charge < -0.3 is 0 Å². The molecule has 13 heavy (non-hydrogen) atoms. The number of rotatable bonds is 0. The minimum absolute atomic E-state index is 1.06. The first-order valence-corrected chi connectivity index (χ1v) is 4.34. The second-order valence-corrected chi connectivity index (χ2v) is 3.19. The first-order valence-electron chi connectivity index (χ1n) is 4.34. The Morgan fingerprint density at radius 2 is 2.08 bits per heavy atom. The molecule has 0 unspecified atom stereocenters. The van der Waals surface area contributed by atoms with E-state index in [4.69, 9.17) is 0 Å². The predicted molar refractivity (Wildman–Crippen MR) is 55.9 cm³/mol. The lowest BCUT2D eigenvalue weighted by Gasteiger charge is -2.07. The van der Waals surface area contributed by atoms with Gasteiger partial charge in [0.1, 0.15) is 0 Å². The molecule has 1 nitrogen and oxygen atoms in total. The summed E-state index contributed by atoms with van der Waals surface area (Å²) in [6.07, 6.45) is 3.69. The molecule has 1 heterocycles. The summed E-state index contributed by atoms with van der Waals surface area (Å²) in [5.41, 5.74) is 7.80. The molecule has 1 heteroatoms. The van der Waals surface area contributed by atoms with Gasteiger partial charge in [-0.2, -0.15) is 0 Å². The first kappa shape index (κ1) is 8.03. The van der Waals surface area contributed by atoms with Gasteiger partial charge in [0.05, 0.1) is 6.20 Å². The van der Waals surface area contributed by atoms with Crippen LogP contribution in [0.4, 0.5) is 0 Å². The van der Waals surface area contributed by atoms with Crippen LogP contribution in [-0.2, 0) is 0 Å². The Morgan fingerprint density at radius 3 is 2.92 bits per heavy atom. The maximum atomic E-state index is 4.28. The van der Waals surface area contributed by atoms with Crippen molar-refractivity contribution in [2.75, 3.05) is 0 Å². The van der Waals surface area contributed by atoms with Gasteiger partial charge in [0, 0.05) is 11.3 Å². The third-order valence-corrected chi connectivity index (χ3v) is 2.24. The Balaban J connectivity index is 2.77. The molecule has 0 aromatic heterocycles. The molecule has 1 aromatic rings. The van der Waals surface area contributed by atoms with Crippen molar-refractivity contribution in [2.24, 2.45) is 4.99 Å². The lowest BCUT2D eigenvalue weighted by Crippen LogP contribution is -1.99. The summed E-state index contributed by atoms with van der Waals surface area (Å²) >= 11 is 0. The van der Waals surface area contributed by atoms with Crippen LogP contribution >= 0.6 is 0 Å². The summed E-state index contributed by atoms with van der Waals surface area (Å²) < 4.78 is 0. The van der Waals surface area contributed by atoms with Crippen molar-refractivity contribution in [3.8, 4) is 0 Å². The summed E-state index contributed by atoms with van der Waals surface area (Å²) in [6.45, 7) is 4.14. The van der Waals surface area contributed by atoms with Gasteiger partial charge in [-0.3, -0.25) is 4.99 Å². The van der Waals surface area contributed by atoms with Crippen molar-refractivity contribution in [2.45, 2.75) is 13.8 Å². The number of nitrogens with zero attached hydrogens (tertiary/aromatic N) is 1. The second-order valence-electron chi connectivity index (χ2n) is 3.19. The zero-order valence-corrected chi connectivity index (χ0v) is 7.83. The number of hydrogen-bond donors (Lipinski definition) is 0. The van der Waals surface area contributed by atoms with E-state index in [1.807, 2.05) is 13.0 Å². The number of aryl methyl sites for hydroxylation is 1. The average molecular weight is 169 g/mol. The Hall–Kier alpha value is -1.59. The van der Waals surface area contributed by atoms with E-state index >= 15 is 0 Å². The van der Waals surface area contributed by atoms with Crippen LogP contribution in [-0.4, -0.2) is 5.71 Å². The molecule has 0 bridgehead atoms. The van der Waals surface area contributed by atoms with E-state index in [9.17, 15) is 0 Å². The fraction of sp³-hybridized carbons (Fsp3) is 0.167. The zero-order chi connectivity index (χ0) is 9.26. The molecule has 0 radical (unpaired) electrons. The van der Waals surface area contributed by atoms with Gasteiger partial charge in [0.25, 0.3) is 0 Å². The van der Waals surface area contributed by atoms with Crippen LogP contribution in [0, 0.1) is 6.92 Å². The summed E-state index contributed by atoms with van der Waals surface area (Å²) in [5, 5.41) is 0. The SMILES string of the molecule is CC1=NC=C=Cc2cccc(C)c21. The molecule has 0 spiro atoms. The monoisotopic (exact) mass is 169 g/mol.